The molecule has 0 N–H and O–H groups in total. The molecule has 0 heterocycles. The summed E-state index contributed by atoms with van der Waals surface area (Å²) in [4.78, 5) is 38.1. The van der Waals surface area contributed by atoms with Gasteiger partial charge in [0.05, 0.1) is 0 Å². The molecule has 0 rings (SSSR count). The normalized spacial score (nSPS) is 12.6. The van der Waals surface area contributed by atoms with Gasteiger partial charge in [0.25, 0.3) is 0 Å². The molecule has 0 saturated carbocycles. The monoisotopic (exact) mass is 935 g/mol. The van der Waals surface area contributed by atoms with Crippen LogP contribution in [0.15, 0.2) is 72.9 Å². The van der Waals surface area contributed by atoms with Crippen LogP contribution in [0.3, 0.4) is 0 Å². The second-order valence-corrected chi connectivity index (χ2v) is 18.8. The molecule has 0 aliphatic rings. The predicted molar refractivity (Wildman–Crippen MR) is 288 cm³/mol. The predicted octanol–water partition coefficient (Wildman–Crippen LogP) is 19.0. The highest BCUT2D eigenvalue weighted by Gasteiger charge is 2.19. The van der Waals surface area contributed by atoms with Crippen molar-refractivity contribution in [3.63, 3.8) is 0 Å². The Kier molecular flexibility index (Phi) is 52.8. The SMILES string of the molecule is CC/C=C\C/C=C\C/C=C\C/C=C\CCCCC(=O)OCC(COC(=O)CCCCCCCCC/C=C\C/C=C\CCCCCC)OC(=O)CCCCCCCCCCCCCCCCCC. The van der Waals surface area contributed by atoms with Crippen LogP contribution in [0.25, 0.3) is 0 Å². The van der Waals surface area contributed by atoms with Gasteiger partial charge in [0.2, 0.25) is 0 Å². The molecule has 0 spiro atoms. The number of carbonyl (C=O) groups is 3. The van der Waals surface area contributed by atoms with Gasteiger partial charge >= 0.3 is 17.9 Å². The molecule has 67 heavy (non-hydrogen) atoms. The molecule has 6 heteroatoms. The van der Waals surface area contributed by atoms with E-state index in [4.69, 9.17) is 14.2 Å². The van der Waals surface area contributed by atoms with Crippen LogP contribution in [0.2, 0.25) is 0 Å². The van der Waals surface area contributed by atoms with Gasteiger partial charge in [-0.3, -0.25) is 14.4 Å². The second kappa shape index (κ2) is 55.4. The van der Waals surface area contributed by atoms with Gasteiger partial charge in [0.1, 0.15) is 13.2 Å². The molecule has 0 aliphatic carbocycles. The highest BCUT2D eigenvalue weighted by atomic mass is 16.6. The van der Waals surface area contributed by atoms with Gasteiger partial charge in [-0.15, -0.1) is 0 Å². The number of rotatable bonds is 51. The minimum atomic E-state index is -0.794. The van der Waals surface area contributed by atoms with E-state index >= 15 is 0 Å². The Bertz CT molecular complexity index is 1260. The maximum atomic E-state index is 12.8. The highest BCUT2D eigenvalue weighted by Crippen LogP contribution is 2.16. The number of hydrogen-bond acceptors (Lipinski definition) is 6. The first-order valence-corrected chi connectivity index (χ1v) is 28.4. The first kappa shape index (κ1) is 63.8. The average Bonchev–Trinajstić information content (AvgIpc) is 3.33. The molecule has 0 bridgehead atoms. The summed E-state index contributed by atoms with van der Waals surface area (Å²) in [6, 6.07) is 0. The fraction of sp³-hybridized carbons (Fsp3) is 0.754. The number of esters is 3. The molecule has 0 aliphatic heterocycles. The number of allylic oxidation sites excluding steroid dienone is 12. The van der Waals surface area contributed by atoms with Crippen LogP contribution in [0.4, 0.5) is 0 Å². The van der Waals surface area contributed by atoms with E-state index < -0.39 is 6.10 Å². The topological polar surface area (TPSA) is 78.9 Å². The summed E-state index contributed by atoms with van der Waals surface area (Å²) in [7, 11) is 0. The average molecular weight is 936 g/mol. The van der Waals surface area contributed by atoms with Crippen LogP contribution < -0.4 is 0 Å². The molecule has 1 atom stereocenters. The molecule has 0 aromatic carbocycles. The lowest BCUT2D eigenvalue weighted by Crippen LogP contribution is -2.30. The molecular weight excluding hydrogens is 829 g/mol. The maximum Gasteiger partial charge on any atom is 0.306 e. The van der Waals surface area contributed by atoms with Gasteiger partial charge < -0.3 is 14.2 Å². The van der Waals surface area contributed by atoms with Crippen molar-refractivity contribution in [2.24, 2.45) is 0 Å². The molecule has 6 nitrogen and oxygen atoms in total. The van der Waals surface area contributed by atoms with Crippen LogP contribution >= 0.6 is 0 Å². The van der Waals surface area contributed by atoms with E-state index in [0.717, 1.165) is 96.3 Å². The van der Waals surface area contributed by atoms with Gasteiger partial charge in [-0.1, -0.05) is 241 Å². The van der Waals surface area contributed by atoms with Gasteiger partial charge in [-0.2, -0.15) is 0 Å². The summed E-state index contributed by atoms with van der Waals surface area (Å²) in [5, 5.41) is 0. The molecule has 0 amide bonds. The van der Waals surface area contributed by atoms with Crippen LogP contribution in [-0.4, -0.2) is 37.2 Å². The van der Waals surface area contributed by atoms with E-state index in [0.29, 0.717) is 19.3 Å². The Morgan fingerprint density at radius 3 is 0.955 bits per heavy atom. The van der Waals surface area contributed by atoms with Crippen LogP contribution in [0.5, 0.6) is 0 Å². The second-order valence-electron chi connectivity index (χ2n) is 18.8. The smallest absolute Gasteiger partial charge is 0.306 e. The summed E-state index contributed by atoms with van der Waals surface area (Å²) in [5.74, 6) is -0.931. The zero-order chi connectivity index (χ0) is 48.6. The third-order valence-corrected chi connectivity index (χ3v) is 12.2. The molecule has 0 aromatic rings. The number of hydrogen-bond donors (Lipinski definition) is 0. The summed E-state index contributed by atoms with van der Waals surface area (Å²) >= 11 is 0. The zero-order valence-electron chi connectivity index (χ0n) is 44.2. The first-order chi connectivity index (χ1) is 33.0. The summed E-state index contributed by atoms with van der Waals surface area (Å²) in [5.41, 5.74) is 0. The lowest BCUT2D eigenvalue weighted by Gasteiger charge is -2.18. The van der Waals surface area contributed by atoms with Crippen LogP contribution in [0.1, 0.15) is 278 Å². The van der Waals surface area contributed by atoms with Gasteiger partial charge in [0, 0.05) is 19.3 Å². The van der Waals surface area contributed by atoms with E-state index in [9.17, 15) is 14.4 Å². The highest BCUT2D eigenvalue weighted by molar-refractivity contribution is 5.71. The lowest BCUT2D eigenvalue weighted by atomic mass is 10.0. The molecule has 0 aromatic heterocycles. The number of ether oxygens (including phenoxy) is 3. The third kappa shape index (κ3) is 53.7. The van der Waals surface area contributed by atoms with Crippen molar-refractivity contribution in [2.75, 3.05) is 13.2 Å². The van der Waals surface area contributed by atoms with Crippen molar-refractivity contribution < 1.29 is 28.6 Å². The fourth-order valence-corrected chi connectivity index (χ4v) is 7.93. The molecular formula is C61H106O6. The van der Waals surface area contributed by atoms with Crippen LogP contribution in [0, 0.1) is 0 Å². The Morgan fingerprint density at radius 2 is 0.582 bits per heavy atom. The van der Waals surface area contributed by atoms with Crippen molar-refractivity contribution in [1.29, 1.82) is 0 Å². The Morgan fingerprint density at radius 1 is 0.313 bits per heavy atom. The number of carbonyl (C=O) groups excluding carboxylic acids is 3. The van der Waals surface area contributed by atoms with Gasteiger partial charge in [0.15, 0.2) is 6.10 Å². The minimum Gasteiger partial charge on any atom is -0.462 e. The van der Waals surface area contributed by atoms with Crippen LogP contribution in [-0.2, 0) is 28.6 Å². The maximum absolute atomic E-state index is 12.8. The van der Waals surface area contributed by atoms with Gasteiger partial charge in [-0.25, -0.2) is 0 Å². The van der Waals surface area contributed by atoms with Gasteiger partial charge in [-0.05, 0) is 89.9 Å². The summed E-state index contributed by atoms with van der Waals surface area (Å²) in [6.07, 6.45) is 70.3. The number of unbranched alkanes of at least 4 members (excludes halogenated alkanes) is 28. The Hall–Kier alpha value is -3.15. The van der Waals surface area contributed by atoms with E-state index in [1.54, 1.807) is 0 Å². The largest absolute Gasteiger partial charge is 0.462 e. The fourth-order valence-electron chi connectivity index (χ4n) is 7.93. The van der Waals surface area contributed by atoms with Crippen molar-refractivity contribution in [2.45, 2.75) is 284 Å². The van der Waals surface area contributed by atoms with Crippen molar-refractivity contribution in [3.05, 3.63) is 72.9 Å². The van der Waals surface area contributed by atoms with Crippen molar-refractivity contribution in [1.82, 2.24) is 0 Å². The lowest BCUT2D eigenvalue weighted by molar-refractivity contribution is -0.167. The molecule has 0 radical (unpaired) electrons. The van der Waals surface area contributed by atoms with E-state index in [1.807, 2.05) is 0 Å². The summed E-state index contributed by atoms with van der Waals surface area (Å²) in [6.45, 7) is 6.49. The van der Waals surface area contributed by atoms with E-state index in [1.165, 1.54) is 141 Å². The molecule has 386 valence electrons. The molecule has 1 unspecified atom stereocenters. The first-order valence-electron chi connectivity index (χ1n) is 28.4. The van der Waals surface area contributed by atoms with Crippen molar-refractivity contribution in [3.8, 4) is 0 Å². The van der Waals surface area contributed by atoms with E-state index in [2.05, 4.69) is 93.7 Å². The molecule has 0 saturated heterocycles. The van der Waals surface area contributed by atoms with E-state index in [-0.39, 0.29) is 31.1 Å². The summed E-state index contributed by atoms with van der Waals surface area (Å²) < 4.78 is 16.8. The minimum absolute atomic E-state index is 0.0908. The standard InChI is InChI=1S/C61H106O6/c1-4-7-10-13-16-19-22-25-28-30-31-34-36-39-42-45-48-51-54-60(63)66-57-58(56-65-59(62)53-50-47-44-41-38-35-32-27-24-21-18-15-12-9-6-3)67-61(64)55-52-49-46-43-40-37-33-29-26-23-20-17-14-11-8-5-2/h9,12,18-19,21-22,27-28,30,32,38,41,58H,4-8,10-11,13-17,20,23-26,29,31,33-37,39-40,42-57H2,1-3H3/b12-9-,21-18-,22-19-,30-28-,32-27-,41-38-. The zero-order valence-corrected chi connectivity index (χ0v) is 44.2. The molecule has 0 fully saturated rings. The quantitative estimate of drug-likeness (QED) is 0.0262. The van der Waals surface area contributed by atoms with Crippen molar-refractivity contribution >= 4 is 17.9 Å². The Labute approximate surface area is 414 Å². The third-order valence-electron chi connectivity index (χ3n) is 12.2. The Balaban J connectivity index is 4.43.